The number of hydrogen-bond donors (Lipinski definition) is 0. The zero-order valence-electron chi connectivity index (χ0n) is 18.7. The van der Waals surface area contributed by atoms with Crippen LogP contribution in [0.2, 0.25) is 0 Å². The molecule has 0 aromatic heterocycles. The molecule has 0 saturated heterocycles. The zero-order chi connectivity index (χ0) is 20.7. The summed E-state index contributed by atoms with van der Waals surface area (Å²) in [6.07, 6.45) is -0.248. The van der Waals surface area contributed by atoms with Crippen LogP contribution in [0.3, 0.4) is 0 Å². The van der Waals surface area contributed by atoms with Gasteiger partial charge in [0.15, 0.2) is 0 Å². The first kappa shape index (κ1) is 24.1. The van der Waals surface area contributed by atoms with Gasteiger partial charge in [0, 0.05) is 40.3 Å². The molecule has 4 heteroatoms. The van der Waals surface area contributed by atoms with Crippen LogP contribution in [0.25, 0.3) is 0 Å². The number of benzene rings is 1. The fourth-order valence-corrected chi connectivity index (χ4v) is 4.05. The summed E-state index contributed by atoms with van der Waals surface area (Å²) in [5.74, 6) is 0.296. The van der Waals surface area contributed by atoms with E-state index in [1.165, 1.54) is 5.56 Å². The van der Waals surface area contributed by atoms with Crippen molar-refractivity contribution in [2.75, 3.05) is 41.7 Å². The lowest BCUT2D eigenvalue weighted by atomic mass is 9.66. The van der Waals surface area contributed by atoms with Crippen molar-refractivity contribution in [1.29, 1.82) is 0 Å². The summed E-state index contributed by atoms with van der Waals surface area (Å²) in [4.78, 5) is 0. The SMILES string of the molecule is COCC(C(OC)C(OC)C(COC)C(C)(C)c1ccccc1)C(C)(C)C. The quantitative estimate of drug-likeness (QED) is 0.564. The van der Waals surface area contributed by atoms with Gasteiger partial charge in [-0.1, -0.05) is 65.0 Å². The van der Waals surface area contributed by atoms with E-state index >= 15 is 0 Å². The summed E-state index contributed by atoms with van der Waals surface area (Å²) in [5.41, 5.74) is 1.13. The molecule has 4 nitrogen and oxygen atoms in total. The maximum atomic E-state index is 6.09. The highest BCUT2D eigenvalue weighted by Crippen LogP contribution is 2.40. The fraction of sp³-hybridized carbons (Fsp3) is 0.739. The molecule has 0 aliphatic heterocycles. The van der Waals surface area contributed by atoms with Crippen LogP contribution < -0.4 is 0 Å². The first-order valence-corrected chi connectivity index (χ1v) is 9.74. The normalized spacial score (nSPS) is 17.4. The van der Waals surface area contributed by atoms with Crippen LogP contribution in [-0.2, 0) is 24.4 Å². The second kappa shape index (κ2) is 10.6. The summed E-state index contributed by atoms with van der Waals surface area (Å²) in [6, 6.07) is 10.6. The second-order valence-electron chi connectivity index (χ2n) is 8.98. The first-order chi connectivity index (χ1) is 12.6. The van der Waals surface area contributed by atoms with Crippen molar-refractivity contribution < 1.29 is 18.9 Å². The standard InChI is InChI=1S/C23H40O4/c1-22(2,3)18(15-24-6)20(26-8)21(27-9)19(16-25-7)23(4,5)17-13-11-10-12-14-17/h10-14,18-21H,15-16H2,1-9H3. The zero-order valence-corrected chi connectivity index (χ0v) is 18.7. The molecule has 156 valence electrons. The Bertz CT molecular complexity index is 521. The Morgan fingerprint density at radius 2 is 1.15 bits per heavy atom. The summed E-state index contributed by atoms with van der Waals surface area (Å²) in [5, 5.41) is 0. The molecular formula is C23H40O4. The molecule has 0 fully saturated rings. The molecule has 0 N–H and O–H groups in total. The van der Waals surface area contributed by atoms with Gasteiger partial charge in [0.2, 0.25) is 0 Å². The Hall–Kier alpha value is -0.940. The molecule has 0 heterocycles. The minimum Gasteiger partial charge on any atom is -0.384 e. The van der Waals surface area contributed by atoms with Gasteiger partial charge in [0.05, 0.1) is 25.4 Å². The van der Waals surface area contributed by atoms with Crippen molar-refractivity contribution in [2.24, 2.45) is 17.3 Å². The van der Waals surface area contributed by atoms with Gasteiger partial charge in [0.25, 0.3) is 0 Å². The third kappa shape index (κ3) is 6.02. The predicted molar refractivity (Wildman–Crippen MR) is 111 cm³/mol. The molecule has 0 aliphatic carbocycles. The topological polar surface area (TPSA) is 36.9 Å². The van der Waals surface area contributed by atoms with Crippen molar-refractivity contribution in [3.05, 3.63) is 35.9 Å². The number of rotatable bonds is 11. The maximum absolute atomic E-state index is 6.09. The van der Waals surface area contributed by atoms with Gasteiger partial charge in [-0.2, -0.15) is 0 Å². The van der Waals surface area contributed by atoms with E-state index in [9.17, 15) is 0 Å². The Kier molecular flexibility index (Phi) is 9.43. The molecule has 0 amide bonds. The molecule has 1 aromatic rings. The van der Waals surface area contributed by atoms with Crippen LogP contribution in [0.1, 0.15) is 40.2 Å². The van der Waals surface area contributed by atoms with Gasteiger partial charge in [-0.15, -0.1) is 0 Å². The second-order valence-corrected chi connectivity index (χ2v) is 8.98. The van der Waals surface area contributed by atoms with Gasteiger partial charge in [-0.05, 0) is 16.4 Å². The van der Waals surface area contributed by atoms with Gasteiger partial charge >= 0.3 is 0 Å². The average molecular weight is 381 g/mol. The molecular weight excluding hydrogens is 340 g/mol. The van der Waals surface area contributed by atoms with Crippen LogP contribution in [0.15, 0.2) is 30.3 Å². The molecule has 1 rings (SSSR count). The van der Waals surface area contributed by atoms with E-state index in [4.69, 9.17) is 18.9 Å². The minimum absolute atomic E-state index is 0.0159. The minimum atomic E-state index is -0.149. The summed E-state index contributed by atoms with van der Waals surface area (Å²) < 4.78 is 23.3. The molecule has 4 atom stereocenters. The Morgan fingerprint density at radius 3 is 1.56 bits per heavy atom. The Balaban J connectivity index is 3.35. The summed E-state index contributed by atoms with van der Waals surface area (Å²) >= 11 is 0. The van der Waals surface area contributed by atoms with Gasteiger partial charge < -0.3 is 18.9 Å². The molecule has 0 spiro atoms. The van der Waals surface area contributed by atoms with Crippen LogP contribution in [0.4, 0.5) is 0 Å². The molecule has 0 saturated carbocycles. The van der Waals surface area contributed by atoms with Crippen LogP contribution in [0.5, 0.6) is 0 Å². The number of ether oxygens (including phenoxy) is 4. The van der Waals surface area contributed by atoms with E-state index in [1.807, 2.05) is 6.07 Å². The molecule has 1 aromatic carbocycles. The van der Waals surface area contributed by atoms with Gasteiger partial charge in [0.1, 0.15) is 0 Å². The molecule has 0 bridgehead atoms. The van der Waals surface area contributed by atoms with E-state index < -0.39 is 0 Å². The Labute approximate surface area is 166 Å². The van der Waals surface area contributed by atoms with Crippen LogP contribution in [-0.4, -0.2) is 53.9 Å². The monoisotopic (exact) mass is 380 g/mol. The molecule has 4 unspecified atom stereocenters. The molecule has 0 radical (unpaired) electrons. The van der Waals surface area contributed by atoms with Crippen LogP contribution >= 0.6 is 0 Å². The maximum Gasteiger partial charge on any atom is 0.0894 e. The summed E-state index contributed by atoms with van der Waals surface area (Å²) in [7, 11) is 7.03. The number of hydrogen-bond acceptors (Lipinski definition) is 4. The number of methoxy groups -OCH3 is 4. The Morgan fingerprint density at radius 1 is 0.704 bits per heavy atom. The first-order valence-electron chi connectivity index (χ1n) is 9.74. The van der Waals surface area contributed by atoms with E-state index in [0.29, 0.717) is 13.2 Å². The molecule has 0 aliphatic rings. The van der Waals surface area contributed by atoms with Gasteiger partial charge in [-0.25, -0.2) is 0 Å². The highest BCUT2D eigenvalue weighted by molar-refractivity contribution is 5.25. The van der Waals surface area contributed by atoms with Crippen molar-refractivity contribution in [3.63, 3.8) is 0 Å². The highest BCUT2D eigenvalue weighted by atomic mass is 16.5. The van der Waals surface area contributed by atoms with Crippen molar-refractivity contribution in [1.82, 2.24) is 0 Å². The van der Waals surface area contributed by atoms with Crippen molar-refractivity contribution in [3.8, 4) is 0 Å². The van der Waals surface area contributed by atoms with E-state index in [-0.39, 0.29) is 34.9 Å². The van der Waals surface area contributed by atoms with Gasteiger partial charge in [-0.3, -0.25) is 0 Å². The smallest absolute Gasteiger partial charge is 0.0894 e. The third-order valence-corrected chi connectivity index (χ3v) is 5.91. The fourth-order valence-electron chi connectivity index (χ4n) is 4.05. The lowest BCUT2D eigenvalue weighted by Gasteiger charge is -2.46. The van der Waals surface area contributed by atoms with E-state index in [0.717, 1.165) is 0 Å². The van der Waals surface area contributed by atoms with Crippen LogP contribution in [0, 0.1) is 17.3 Å². The molecule has 27 heavy (non-hydrogen) atoms. The summed E-state index contributed by atoms with van der Waals surface area (Å²) in [6.45, 7) is 12.4. The van der Waals surface area contributed by atoms with E-state index in [2.05, 4.69) is 58.9 Å². The average Bonchev–Trinajstić information content (AvgIpc) is 2.63. The van der Waals surface area contributed by atoms with Crippen molar-refractivity contribution in [2.45, 2.75) is 52.2 Å². The van der Waals surface area contributed by atoms with E-state index in [1.54, 1.807) is 28.4 Å². The largest absolute Gasteiger partial charge is 0.384 e. The highest BCUT2D eigenvalue weighted by Gasteiger charge is 2.46. The lowest BCUT2D eigenvalue weighted by Crippen LogP contribution is -2.53. The lowest BCUT2D eigenvalue weighted by molar-refractivity contribution is -0.141. The van der Waals surface area contributed by atoms with Crippen molar-refractivity contribution >= 4 is 0 Å². The third-order valence-electron chi connectivity index (χ3n) is 5.91. The predicted octanol–water partition coefficient (Wildman–Crippen LogP) is 4.57.